The van der Waals surface area contributed by atoms with Crippen LogP contribution in [0.2, 0.25) is 0 Å². The molecular formula is C40H22N4OS2. The molecule has 4 aromatic heterocycles. The van der Waals surface area contributed by atoms with Gasteiger partial charge in [-0.15, -0.1) is 22.7 Å². The molecule has 0 saturated heterocycles. The molecule has 10 aromatic rings. The number of fused-ring (bicyclic) bond motifs is 7. The van der Waals surface area contributed by atoms with E-state index in [-0.39, 0.29) is 0 Å². The second kappa shape index (κ2) is 10.4. The minimum atomic E-state index is 0.607. The molecular weight excluding hydrogens is 617 g/mol. The van der Waals surface area contributed by atoms with E-state index in [1.807, 2.05) is 54.6 Å². The number of nitrogens with zero attached hydrogens (tertiary/aromatic N) is 4. The molecule has 0 bridgehead atoms. The highest BCUT2D eigenvalue weighted by Gasteiger charge is 2.19. The third kappa shape index (κ3) is 4.35. The molecule has 5 nitrogen and oxygen atoms in total. The summed E-state index contributed by atoms with van der Waals surface area (Å²) in [6.45, 7) is 0. The van der Waals surface area contributed by atoms with Gasteiger partial charge in [0, 0.05) is 62.6 Å². The smallest absolute Gasteiger partial charge is 0.227 e. The third-order valence-electron chi connectivity index (χ3n) is 8.58. The van der Waals surface area contributed by atoms with Crippen molar-refractivity contribution in [2.75, 3.05) is 0 Å². The van der Waals surface area contributed by atoms with E-state index in [9.17, 15) is 0 Å². The average molecular weight is 639 g/mol. The van der Waals surface area contributed by atoms with E-state index in [1.54, 1.807) is 22.7 Å². The second-order valence-electron chi connectivity index (χ2n) is 11.5. The Morgan fingerprint density at radius 2 is 1.09 bits per heavy atom. The van der Waals surface area contributed by atoms with Crippen LogP contribution in [0.3, 0.4) is 0 Å². The van der Waals surface area contributed by atoms with Crippen LogP contribution < -0.4 is 0 Å². The number of oxazole rings is 1. The summed E-state index contributed by atoms with van der Waals surface area (Å²) in [5, 5.41) is 4.69. The van der Waals surface area contributed by atoms with Crippen molar-refractivity contribution in [2.24, 2.45) is 0 Å². The van der Waals surface area contributed by atoms with Crippen molar-refractivity contribution in [3.05, 3.63) is 133 Å². The number of hydrogen-bond donors (Lipinski definition) is 0. The molecule has 0 radical (unpaired) electrons. The lowest BCUT2D eigenvalue weighted by atomic mass is 10.0. The molecule has 10 rings (SSSR count). The summed E-state index contributed by atoms with van der Waals surface area (Å²) < 4.78 is 11.0. The Kier molecular flexibility index (Phi) is 5.85. The van der Waals surface area contributed by atoms with Gasteiger partial charge in [0.2, 0.25) is 5.89 Å². The van der Waals surface area contributed by atoms with Crippen LogP contribution in [0.15, 0.2) is 138 Å². The zero-order valence-electron chi connectivity index (χ0n) is 24.7. The normalized spacial score (nSPS) is 11.8. The number of hydrogen-bond acceptors (Lipinski definition) is 7. The highest BCUT2D eigenvalue weighted by Crippen LogP contribution is 2.42. The van der Waals surface area contributed by atoms with Gasteiger partial charge in [0.1, 0.15) is 5.52 Å². The van der Waals surface area contributed by atoms with Gasteiger partial charge in [-0.2, -0.15) is 0 Å². The Balaban J connectivity index is 1.19. The van der Waals surface area contributed by atoms with E-state index in [1.165, 1.54) is 29.6 Å². The van der Waals surface area contributed by atoms with E-state index >= 15 is 0 Å². The van der Waals surface area contributed by atoms with Crippen molar-refractivity contribution in [1.82, 2.24) is 19.9 Å². The lowest BCUT2D eigenvalue weighted by Gasteiger charge is -2.10. The Labute approximate surface area is 276 Å². The quantitative estimate of drug-likeness (QED) is 0.192. The summed E-state index contributed by atoms with van der Waals surface area (Å²) in [5.41, 5.74) is 5.42. The van der Waals surface area contributed by atoms with Gasteiger partial charge in [0.25, 0.3) is 0 Å². The first-order chi connectivity index (χ1) is 23.2. The van der Waals surface area contributed by atoms with Gasteiger partial charge < -0.3 is 4.42 Å². The summed E-state index contributed by atoms with van der Waals surface area (Å²) in [7, 11) is 0. The molecule has 0 aliphatic rings. The predicted octanol–water partition coefficient (Wildman–Crippen LogP) is 11.4. The molecule has 0 unspecified atom stereocenters. The van der Waals surface area contributed by atoms with Crippen molar-refractivity contribution in [3.63, 3.8) is 0 Å². The van der Waals surface area contributed by atoms with Crippen molar-refractivity contribution in [1.29, 1.82) is 0 Å². The summed E-state index contributed by atoms with van der Waals surface area (Å²) in [6, 6.07) is 45.9. The van der Waals surface area contributed by atoms with Gasteiger partial charge in [0.15, 0.2) is 23.1 Å². The lowest BCUT2D eigenvalue weighted by molar-refractivity contribution is 0.620. The Bertz CT molecular complexity index is 2780. The molecule has 0 fully saturated rings. The fraction of sp³-hybridized carbons (Fsp3) is 0. The van der Waals surface area contributed by atoms with Gasteiger partial charge in [0.05, 0.1) is 0 Å². The van der Waals surface area contributed by atoms with E-state index in [0.29, 0.717) is 23.4 Å². The fourth-order valence-corrected chi connectivity index (χ4v) is 8.55. The molecule has 0 spiro atoms. The van der Waals surface area contributed by atoms with E-state index in [4.69, 9.17) is 24.4 Å². The van der Waals surface area contributed by atoms with Crippen molar-refractivity contribution >= 4 is 74.1 Å². The second-order valence-corrected chi connectivity index (χ2v) is 13.6. The van der Waals surface area contributed by atoms with Crippen molar-refractivity contribution < 1.29 is 4.42 Å². The fourth-order valence-electron chi connectivity index (χ4n) is 6.35. The largest absolute Gasteiger partial charge is 0.436 e. The molecule has 7 heteroatoms. The highest BCUT2D eigenvalue weighted by molar-refractivity contribution is 7.26. The van der Waals surface area contributed by atoms with Crippen LogP contribution in [0.4, 0.5) is 0 Å². The van der Waals surface area contributed by atoms with E-state index < -0.39 is 0 Å². The van der Waals surface area contributed by atoms with Crippen molar-refractivity contribution in [3.8, 4) is 45.6 Å². The van der Waals surface area contributed by atoms with E-state index in [2.05, 4.69) is 78.9 Å². The first kappa shape index (κ1) is 26.5. The van der Waals surface area contributed by atoms with Gasteiger partial charge >= 0.3 is 0 Å². The SMILES string of the molecule is c1ccc(-c2nc(-c3ccc4sc5ccccc5c4c3)nc(-c3cccc4sc5ccc(-c6nc7ccccc7o6)cc5c34)n2)cc1. The maximum Gasteiger partial charge on any atom is 0.227 e. The molecule has 0 amide bonds. The Morgan fingerprint density at radius 3 is 1.98 bits per heavy atom. The topological polar surface area (TPSA) is 64.7 Å². The summed E-state index contributed by atoms with van der Waals surface area (Å²) in [6.07, 6.45) is 0. The molecule has 220 valence electrons. The zero-order valence-corrected chi connectivity index (χ0v) is 26.3. The van der Waals surface area contributed by atoms with E-state index in [0.717, 1.165) is 44.1 Å². The highest BCUT2D eigenvalue weighted by atomic mass is 32.1. The minimum absolute atomic E-state index is 0.607. The number of thiophene rings is 2. The summed E-state index contributed by atoms with van der Waals surface area (Å²) >= 11 is 3.57. The number of rotatable bonds is 4. The standard InChI is InChI=1S/C40H22N4OS2/c1-2-9-23(10-3-1)37-42-38(24-17-19-33-28(21-24)26-11-4-7-15-32(26)46-33)44-39(43-37)27-12-8-16-35-36(27)29-22-25(18-20-34(29)47-35)40-41-30-13-5-6-14-31(30)45-40/h1-22H. The van der Waals surface area contributed by atoms with Crippen LogP contribution in [0, 0.1) is 0 Å². The number of aromatic nitrogens is 4. The van der Waals surface area contributed by atoms with Crippen LogP contribution in [-0.4, -0.2) is 19.9 Å². The Hall–Kier alpha value is -5.76. The van der Waals surface area contributed by atoms with Gasteiger partial charge in [-0.05, 0) is 60.7 Å². The van der Waals surface area contributed by atoms with Crippen LogP contribution >= 0.6 is 22.7 Å². The molecule has 0 aliphatic carbocycles. The average Bonchev–Trinajstić information content (AvgIpc) is 3.84. The van der Waals surface area contributed by atoms with Gasteiger partial charge in [-0.1, -0.05) is 72.8 Å². The Morgan fingerprint density at radius 1 is 0.426 bits per heavy atom. The summed E-state index contributed by atoms with van der Waals surface area (Å²) in [4.78, 5) is 20.1. The predicted molar refractivity (Wildman–Crippen MR) is 195 cm³/mol. The molecule has 0 aliphatic heterocycles. The van der Waals surface area contributed by atoms with Crippen LogP contribution in [0.25, 0.3) is 97.1 Å². The first-order valence-electron chi connectivity index (χ1n) is 15.3. The molecule has 0 saturated carbocycles. The zero-order chi connectivity index (χ0) is 30.9. The van der Waals surface area contributed by atoms with Crippen LogP contribution in [-0.2, 0) is 0 Å². The van der Waals surface area contributed by atoms with Gasteiger partial charge in [-0.3, -0.25) is 0 Å². The molecule has 6 aromatic carbocycles. The third-order valence-corrected chi connectivity index (χ3v) is 10.9. The first-order valence-corrected chi connectivity index (χ1v) is 16.9. The maximum atomic E-state index is 6.15. The van der Waals surface area contributed by atoms with Gasteiger partial charge in [-0.25, -0.2) is 19.9 Å². The number of para-hydroxylation sites is 2. The van der Waals surface area contributed by atoms with Crippen LogP contribution in [0.5, 0.6) is 0 Å². The summed E-state index contributed by atoms with van der Waals surface area (Å²) in [5.74, 6) is 2.54. The molecule has 4 heterocycles. The van der Waals surface area contributed by atoms with Crippen LogP contribution in [0.1, 0.15) is 0 Å². The van der Waals surface area contributed by atoms with Crippen molar-refractivity contribution in [2.45, 2.75) is 0 Å². The molecule has 47 heavy (non-hydrogen) atoms. The molecule has 0 atom stereocenters. The monoisotopic (exact) mass is 638 g/mol. The minimum Gasteiger partial charge on any atom is -0.436 e. The number of benzene rings is 6. The molecule has 0 N–H and O–H groups in total. The lowest BCUT2D eigenvalue weighted by Crippen LogP contribution is -2.00. The maximum absolute atomic E-state index is 6.15.